The number of esters is 1. The Morgan fingerprint density at radius 1 is 0.880 bits per heavy atom. The minimum absolute atomic E-state index is 0.185. The molecule has 0 aliphatic rings. The number of carbonyl (C=O) groups excluding carboxylic acids is 2. The van der Waals surface area contributed by atoms with Crippen LogP contribution in [0.15, 0.2) is 48.5 Å². The summed E-state index contributed by atoms with van der Waals surface area (Å²) < 4.78 is 4.94. The summed E-state index contributed by atoms with van der Waals surface area (Å²) in [6, 6.07) is 14.2. The van der Waals surface area contributed by atoms with Gasteiger partial charge in [0.2, 0.25) is 0 Å². The van der Waals surface area contributed by atoms with Crippen molar-refractivity contribution in [2.24, 2.45) is 0 Å². The Morgan fingerprint density at radius 3 is 1.96 bits per heavy atom. The molecule has 2 rings (SSSR count). The lowest BCUT2D eigenvalue weighted by Crippen LogP contribution is -2.21. The maximum Gasteiger partial charge on any atom is 0.338 e. The average Bonchev–Trinajstić information content (AvgIpc) is 2.64. The van der Waals surface area contributed by atoms with Gasteiger partial charge in [-0.1, -0.05) is 0 Å². The fourth-order valence-electron chi connectivity index (χ4n) is 2.52. The first-order valence-electron chi connectivity index (χ1n) is 8.52. The Balaban J connectivity index is 2.03. The van der Waals surface area contributed by atoms with Crippen LogP contribution in [0.25, 0.3) is 0 Å². The quantitative estimate of drug-likeness (QED) is 0.775. The molecule has 0 spiro atoms. The van der Waals surface area contributed by atoms with Crippen LogP contribution in [0.2, 0.25) is 0 Å². The molecule has 0 aliphatic heterocycles. The Bertz CT molecular complexity index is 705. The van der Waals surface area contributed by atoms with Gasteiger partial charge in [-0.3, -0.25) is 4.79 Å². The smallest absolute Gasteiger partial charge is 0.338 e. The Hall–Kier alpha value is -2.82. The first-order valence-corrected chi connectivity index (χ1v) is 8.52. The maximum atomic E-state index is 12.3. The fraction of sp³-hybridized carbons (Fsp3) is 0.300. The molecule has 0 saturated carbocycles. The second-order valence-corrected chi connectivity index (χ2v) is 5.47. The summed E-state index contributed by atoms with van der Waals surface area (Å²) in [6.45, 7) is 8.15. The van der Waals surface area contributed by atoms with Crippen LogP contribution in [0, 0.1) is 0 Å². The molecule has 0 unspecified atom stereocenters. The summed E-state index contributed by atoms with van der Waals surface area (Å²) >= 11 is 0. The highest BCUT2D eigenvalue weighted by atomic mass is 16.5. The largest absolute Gasteiger partial charge is 0.462 e. The highest BCUT2D eigenvalue weighted by Gasteiger charge is 2.09. The van der Waals surface area contributed by atoms with Gasteiger partial charge in [0.1, 0.15) is 0 Å². The number of hydrogen-bond donors (Lipinski definition) is 1. The lowest BCUT2D eigenvalue weighted by Gasteiger charge is -2.21. The Morgan fingerprint density at radius 2 is 1.44 bits per heavy atom. The number of carbonyl (C=O) groups is 2. The second kappa shape index (κ2) is 8.87. The molecule has 0 aliphatic carbocycles. The highest BCUT2D eigenvalue weighted by Crippen LogP contribution is 2.17. The number of ether oxygens (including phenoxy) is 1. The predicted octanol–water partition coefficient (Wildman–Crippen LogP) is 3.96. The van der Waals surface area contributed by atoms with E-state index in [4.69, 9.17) is 4.74 Å². The van der Waals surface area contributed by atoms with Crippen molar-refractivity contribution in [1.29, 1.82) is 0 Å². The van der Waals surface area contributed by atoms with Gasteiger partial charge in [0.05, 0.1) is 12.2 Å². The number of rotatable bonds is 7. The zero-order chi connectivity index (χ0) is 18.2. The topological polar surface area (TPSA) is 58.6 Å². The molecule has 25 heavy (non-hydrogen) atoms. The minimum Gasteiger partial charge on any atom is -0.462 e. The third-order valence-corrected chi connectivity index (χ3v) is 3.91. The van der Waals surface area contributed by atoms with E-state index in [1.54, 1.807) is 31.2 Å². The minimum atomic E-state index is -0.368. The third-order valence-electron chi connectivity index (χ3n) is 3.91. The summed E-state index contributed by atoms with van der Waals surface area (Å²) in [5.74, 6) is -0.553. The van der Waals surface area contributed by atoms with Crippen LogP contribution in [0.4, 0.5) is 11.4 Å². The van der Waals surface area contributed by atoms with Crippen LogP contribution in [0.3, 0.4) is 0 Å². The van der Waals surface area contributed by atoms with Gasteiger partial charge in [-0.05, 0) is 69.3 Å². The molecule has 0 bridgehead atoms. The van der Waals surface area contributed by atoms with E-state index < -0.39 is 0 Å². The molecule has 132 valence electrons. The molecule has 2 aromatic carbocycles. The van der Waals surface area contributed by atoms with Gasteiger partial charge >= 0.3 is 5.97 Å². The Labute approximate surface area is 148 Å². The van der Waals surface area contributed by atoms with Crippen molar-refractivity contribution in [3.8, 4) is 0 Å². The lowest BCUT2D eigenvalue weighted by atomic mass is 10.1. The van der Waals surface area contributed by atoms with Crippen molar-refractivity contribution in [1.82, 2.24) is 0 Å². The first kappa shape index (κ1) is 18.5. The standard InChI is InChI=1S/C20H24N2O3/c1-4-22(5-2)18-13-9-15(10-14-18)19(23)21-17-11-7-16(8-12-17)20(24)25-6-3/h7-14H,4-6H2,1-3H3,(H,21,23). The van der Waals surface area contributed by atoms with Gasteiger partial charge < -0.3 is 15.0 Å². The summed E-state index contributed by atoms with van der Waals surface area (Å²) in [5, 5.41) is 2.83. The van der Waals surface area contributed by atoms with E-state index >= 15 is 0 Å². The van der Waals surface area contributed by atoms with Gasteiger partial charge in [0.25, 0.3) is 5.91 Å². The first-order chi connectivity index (χ1) is 12.1. The summed E-state index contributed by atoms with van der Waals surface area (Å²) in [4.78, 5) is 26.2. The van der Waals surface area contributed by atoms with Crippen molar-refractivity contribution < 1.29 is 14.3 Å². The maximum absolute atomic E-state index is 12.3. The average molecular weight is 340 g/mol. The van der Waals surface area contributed by atoms with Crippen LogP contribution in [0.5, 0.6) is 0 Å². The number of nitrogens with one attached hydrogen (secondary N) is 1. The molecular weight excluding hydrogens is 316 g/mol. The molecule has 1 amide bonds. The van der Waals surface area contributed by atoms with Crippen LogP contribution in [-0.4, -0.2) is 31.6 Å². The van der Waals surface area contributed by atoms with Gasteiger partial charge in [-0.25, -0.2) is 4.79 Å². The SMILES string of the molecule is CCOC(=O)c1ccc(NC(=O)c2ccc(N(CC)CC)cc2)cc1. The summed E-state index contributed by atoms with van der Waals surface area (Å²) in [7, 11) is 0. The molecule has 5 heteroatoms. The van der Waals surface area contributed by atoms with Crippen LogP contribution < -0.4 is 10.2 Å². The van der Waals surface area contributed by atoms with Crippen molar-refractivity contribution in [3.63, 3.8) is 0 Å². The van der Waals surface area contributed by atoms with Crippen molar-refractivity contribution in [3.05, 3.63) is 59.7 Å². The zero-order valence-corrected chi connectivity index (χ0v) is 14.9. The zero-order valence-electron chi connectivity index (χ0n) is 14.9. The normalized spacial score (nSPS) is 10.2. The summed E-state index contributed by atoms with van der Waals surface area (Å²) in [5.41, 5.74) is 2.78. The van der Waals surface area contributed by atoms with Crippen LogP contribution in [0.1, 0.15) is 41.5 Å². The molecule has 1 N–H and O–H groups in total. The molecular formula is C20H24N2O3. The van der Waals surface area contributed by atoms with Crippen LogP contribution >= 0.6 is 0 Å². The molecule has 5 nitrogen and oxygen atoms in total. The van der Waals surface area contributed by atoms with Gasteiger partial charge in [-0.15, -0.1) is 0 Å². The van der Waals surface area contributed by atoms with Crippen molar-refractivity contribution in [2.45, 2.75) is 20.8 Å². The molecule has 2 aromatic rings. The van der Waals surface area contributed by atoms with Crippen molar-refractivity contribution in [2.75, 3.05) is 29.9 Å². The van der Waals surface area contributed by atoms with Gasteiger partial charge in [-0.2, -0.15) is 0 Å². The van der Waals surface area contributed by atoms with E-state index in [0.29, 0.717) is 23.4 Å². The monoisotopic (exact) mass is 340 g/mol. The molecule has 0 aromatic heterocycles. The molecule has 0 atom stereocenters. The van der Waals surface area contributed by atoms with E-state index in [1.807, 2.05) is 24.3 Å². The van der Waals surface area contributed by atoms with Gasteiger partial charge in [0, 0.05) is 30.0 Å². The molecule has 0 radical (unpaired) electrons. The number of nitrogens with zero attached hydrogens (tertiary/aromatic N) is 1. The number of benzene rings is 2. The highest BCUT2D eigenvalue weighted by molar-refractivity contribution is 6.04. The van der Waals surface area contributed by atoms with E-state index in [0.717, 1.165) is 18.8 Å². The fourth-order valence-corrected chi connectivity index (χ4v) is 2.52. The van der Waals surface area contributed by atoms with Gasteiger partial charge in [0.15, 0.2) is 0 Å². The second-order valence-electron chi connectivity index (χ2n) is 5.47. The van der Waals surface area contributed by atoms with E-state index in [2.05, 4.69) is 24.1 Å². The number of amides is 1. The summed E-state index contributed by atoms with van der Waals surface area (Å²) in [6.07, 6.45) is 0. The third kappa shape index (κ3) is 4.83. The number of anilines is 2. The molecule has 0 heterocycles. The molecule has 0 fully saturated rings. The van der Waals surface area contributed by atoms with E-state index in [-0.39, 0.29) is 11.9 Å². The Kier molecular flexibility index (Phi) is 6.57. The number of hydrogen-bond acceptors (Lipinski definition) is 4. The van der Waals surface area contributed by atoms with E-state index in [9.17, 15) is 9.59 Å². The van der Waals surface area contributed by atoms with E-state index in [1.165, 1.54) is 0 Å². The lowest BCUT2D eigenvalue weighted by molar-refractivity contribution is 0.0526. The van der Waals surface area contributed by atoms with Crippen LogP contribution in [-0.2, 0) is 4.74 Å². The van der Waals surface area contributed by atoms with Crippen molar-refractivity contribution >= 4 is 23.3 Å². The predicted molar refractivity (Wildman–Crippen MR) is 100 cm³/mol. The molecule has 0 saturated heterocycles.